The molecule has 4 heterocycles. The Morgan fingerprint density at radius 2 is 1.56 bits per heavy atom. The van der Waals surface area contributed by atoms with Crippen molar-refractivity contribution in [3.63, 3.8) is 0 Å². The first-order valence-corrected chi connectivity index (χ1v) is 9.02. The summed E-state index contributed by atoms with van der Waals surface area (Å²) < 4.78 is 1.51. The van der Waals surface area contributed by atoms with E-state index in [-0.39, 0.29) is 5.56 Å². The van der Waals surface area contributed by atoms with Gasteiger partial charge in [0.05, 0.1) is 6.33 Å². The summed E-state index contributed by atoms with van der Waals surface area (Å²) in [6, 6.07) is 3.82. The van der Waals surface area contributed by atoms with Gasteiger partial charge in [-0.2, -0.15) is 0 Å². The van der Waals surface area contributed by atoms with Gasteiger partial charge in [0.15, 0.2) is 0 Å². The van der Waals surface area contributed by atoms with Crippen molar-refractivity contribution in [1.82, 2.24) is 19.5 Å². The fourth-order valence-electron chi connectivity index (χ4n) is 4.13. The van der Waals surface area contributed by atoms with Gasteiger partial charge in [-0.25, -0.2) is 15.0 Å². The van der Waals surface area contributed by atoms with Crippen molar-refractivity contribution >= 4 is 11.6 Å². The van der Waals surface area contributed by atoms with Gasteiger partial charge in [-0.15, -0.1) is 0 Å². The lowest BCUT2D eigenvalue weighted by molar-refractivity contribution is 0.533. The van der Waals surface area contributed by atoms with Gasteiger partial charge < -0.3 is 14.4 Å². The molecule has 0 aromatic carbocycles. The molecule has 1 aliphatic carbocycles. The molecule has 2 saturated heterocycles. The standard InChI is InChI=1S/C18H22N6O/c1-22-11-21-17(5-18(22)25)24-8-13-6-23(7-14(13)9-24)16-4-15(12-2-3-12)19-10-20-16/h4-5,10-14H,2-3,6-9H2,1H3. The van der Waals surface area contributed by atoms with Crippen LogP contribution in [0.4, 0.5) is 11.6 Å². The van der Waals surface area contributed by atoms with Crippen LogP contribution < -0.4 is 15.4 Å². The maximum absolute atomic E-state index is 11.8. The van der Waals surface area contributed by atoms with Crippen LogP contribution in [0.3, 0.4) is 0 Å². The lowest BCUT2D eigenvalue weighted by Crippen LogP contribution is -2.31. The number of anilines is 2. The molecule has 2 aromatic rings. The van der Waals surface area contributed by atoms with Crippen LogP contribution in [0.1, 0.15) is 24.5 Å². The van der Waals surface area contributed by atoms with Gasteiger partial charge in [0.25, 0.3) is 5.56 Å². The highest BCUT2D eigenvalue weighted by molar-refractivity contribution is 5.45. The van der Waals surface area contributed by atoms with Crippen molar-refractivity contribution in [2.45, 2.75) is 18.8 Å². The second-order valence-corrected chi connectivity index (χ2v) is 7.60. The zero-order valence-corrected chi connectivity index (χ0v) is 14.4. The number of fused-ring (bicyclic) bond motifs is 1. The Balaban J connectivity index is 1.29. The van der Waals surface area contributed by atoms with Crippen LogP contribution in [0, 0.1) is 11.8 Å². The van der Waals surface area contributed by atoms with Gasteiger partial charge in [0.1, 0.15) is 18.0 Å². The van der Waals surface area contributed by atoms with Gasteiger partial charge in [0.2, 0.25) is 0 Å². The summed E-state index contributed by atoms with van der Waals surface area (Å²) in [5.74, 6) is 3.74. The van der Waals surface area contributed by atoms with E-state index in [4.69, 9.17) is 0 Å². The Morgan fingerprint density at radius 1 is 0.920 bits per heavy atom. The molecule has 3 fully saturated rings. The summed E-state index contributed by atoms with van der Waals surface area (Å²) in [6.45, 7) is 3.96. The molecular weight excluding hydrogens is 316 g/mol. The molecule has 3 aliphatic rings. The van der Waals surface area contributed by atoms with Gasteiger partial charge in [-0.05, 0) is 12.8 Å². The van der Waals surface area contributed by atoms with Crippen LogP contribution in [0.5, 0.6) is 0 Å². The topological polar surface area (TPSA) is 67.2 Å². The van der Waals surface area contributed by atoms with Crippen molar-refractivity contribution < 1.29 is 0 Å². The fourth-order valence-corrected chi connectivity index (χ4v) is 4.13. The predicted molar refractivity (Wildman–Crippen MR) is 94.9 cm³/mol. The minimum absolute atomic E-state index is 0.00252. The molecule has 25 heavy (non-hydrogen) atoms. The zero-order valence-electron chi connectivity index (χ0n) is 14.4. The molecule has 130 valence electrons. The Morgan fingerprint density at radius 3 is 2.16 bits per heavy atom. The third-order valence-corrected chi connectivity index (χ3v) is 5.77. The Bertz CT molecular complexity index is 847. The van der Waals surface area contributed by atoms with Gasteiger partial charge >= 0.3 is 0 Å². The van der Waals surface area contributed by atoms with Crippen LogP contribution in [0.2, 0.25) is 0 Å². The lowest BCUT2D eigenvalue weighted by Gasteiger charge is -2.23. The highest BCUT2D eigenvalue weighted by Crippen LogP contribution is 2.40. The molecule has 7 heteroatoms. The molecule has 0 N–H and O–H groups in total. The van der Waals surface area contributed by atoms with E-state index in [0.29, 0.717) is 17.8 Å². The largest absolute Gasteiger partial charge is 0.356 e. The molecular formula is C18H22N6O. The number of aryl methyl sites for hydroxylation is 1. The van der Waals surface area contributed by atoms with Crippen LogP contribution in [0.15, 0.2) is 29.6 Å². The van der Waals surface area contributed by atoms with Crippen molar-refractivity contribution in [3.05, 3.63) is 40.8 Å². The van der Waals surface area contributed by atoms with Crippen molar-refractivity contribution in [3.8, 4) is 0 Å². The molecule has 0 radical (unpaired) electrons. The number of hydrogen-bond acceptors (Lipinski definition) is 6. The van der Waals surface area contributed by atoms with Crippen molar-refractivity contribution in [2.75, 3.05) is 36.0 Å². The van der Waals surface area contributed by atoms with Gasteiger partial charge in [-0.1, -0.05) is 0 Å². The maximum Gasteiger partial charge on any atom is 0.255 e. The number of rotatable bonds is 3. The zero-order chi connectivity index (χ0) is 17.0. The van der Waals surface area contributed by atoms with Crippen LogP contribution in [0.25, 0.3) is 0 Å². The minimum Gasteiger partial charge on any atom is -0.356 e. The summed E-state index contributed by atoms with van der Waals surface area (Å²) in [7, 11) is 1.73. The summed E-state index contributed by atoms with van der Waals surface area (Å²) in [5.41, 5.74) is 1.20. The lowest BCUT2D eigenvalue weighted by atomic mass is 10.0. The SMILES string of the molecule is Cn1cnc(N2CC3CN(c4cc(C5CC5)ncn4)CC3C2)cc1=O. The minimum atomic E-state index is -0.00252. The summed E-state index contributed by atoms with van der Waals surface area (Å²) in [4.78, 5) is 29.8. The van der Waals surface area contributed by atoms with Gasteiger partial charge in [0, 0.05) is 68.8 Å². The number of hydrogen-bond donors (Lipinski definition) is 0. The second kappa shape index (κ2) is 5.54. The Labute approximate surface area is 146 Å². The summed E-state index contributed by atoms with van der Waals surface area (Å²) in [6.07, 6.45) is 5.85. The summed E-state index contributed by atoms with van der Waals surface area (Å²) in [5, 5.41) is 0. The quantitative estimate of drug-likeness (QED) is 0.832. The molecule has 5 rings (SSSR count). The Hall–Kier alpha value is -2.44. The first-order valence-electron chi connectivity index (χ1n) is 9.02. The van der Waals surface area contributed by atoms with E-state index in [0.717, 1.165) is 37.8 Å². The molecule has 1 saturated carbocycles. The Kier molecular flexibility index (Phi) is 3.29. The molecule has 0 amide bonds. The number of aromatic nitrogens is 4. The summed E-state index contributed by atoms with van der Waals surface area (Å²) >= 11 is 0. The third kappa shape index (κ3) is 2.67. The van der Waals surface area contributed by atoms with Crippen molar-refractivity contribution in [1.29, 1.82) is 0 Å². The molecule has 2 atom stereocenters. The molecule has 7 nitrogen and oxygen atoms in total. The van der Waals surface area contributed by atoms with Crippen molar-refractivity contribution in [2.24, 2.45) is 18.9 Å². The second-order valence-electron chi connectivity index (χ2n) is 7.60. The number of nitrogens with zero attached hydrogens (tertiary/aromatic N) is 6. The fraction of sp³-hybridized carbons (Fsp3) is 0.556. The molecule has 0 spiro atoms. The maximum atomic E-state index is 11.8. The highest BCUT2D eigenvalue weighted by Gasteiger charge is 2.41. The monoisotopic (exact) mass is 338 g/mol. The molecule has 2 aromatic heterocycles. The smallest absolute Gasteiger partial charge is 0.255 e. The van der Waals surface area contributed by atoms with Crippen LogP contribution in [-0.4, -0.2) is 45.7 Å². The van der Waals surface area contributed by atoms with E-state index >= 15 is 0 Å². The predicted octanol–water partition coefficient (Wildman–Crippen LogP) is 1.02. The molecule has 0 bridgehead atoms. The van der Waals surface area contributed by atoms with Gasteiger partial charge in [-0.3, -0.25) is 4.79 Å². The third-order valence-electron chi connectivity index (χ3n) is 5.77. The van der Waals surface area contributed by atoms with E-state index in [1.165, 1.54) is 23.1 Å². The first-order chi connectivity index (χ1) is 12.2. The van der Waals surface area contributed by atoms with E-state index < -0.39 is 0 Å². The first kappa shape index (κ1) is 14.9. The van der Waals surface area contributed by atoms with Crippen LogP contribution in [-0.2, 0) is 7.05 Å². The average Bonchev–Trinajstić information content (AvgIpc) is 3.28. The highest BCUT2D eigenvalue weighted by atomic mass is 16.1. The van der Waals surface area contributed by atoms with E-state index in [1.54, 1.807) is 25.8 Å². The normalized spacial score (nSPS) is 25.5. The van der Waals surface area contributed by atoms with E-state index in [1.807, 2.05) is 0 Å². The van der Waals surface area contributed by atoms with E-state index in [2.05, 4.69) is 30.8 Å². The van der Waals surface area contributed by atoms with E-state index in [9.17, 15) is 4.79 Å². The average molecular weight is 338 g/mol. The van der Waals surface area contributed by atoms with Crippen LogP contribution >= 0.6 is 0 Å². The molecule has 2 aliphatic heterocycles. The molecule has 2 unspecified atom stereocenters.